The third-order valence-electron chi connectivity index (χ3n) is 11.2. The van der Waals surface area contributed by atoms with Gasteiger partial charge in [-0.05, 0) is 66.9 Å². The molecule has 10 nitrogen and oxygen atoms in total. The highest BCUT2D eigenvalue weighted by atomic mass is 35.5. The van der Waals surface area contributed by atoms with Crippen molar-refractivity contribution in [1.29, 1.82) is 0 Å². The largest absolute Gasteiger partial charge is 0.387 e. The zero-order valence-electron chi connectivity index (χ0n) is 28.6. The average molecular weight is 681 g/mol. The van der Waals surface area contributed by atoms with Crippen LogP contribution in [0, 0.1) is 29.1 Å². The van der Waals surface area contributed by atoms with E-state index < -0.39 is 46.6 Å². The highest BCUT2D eigenvalue weighted by Gasteiger charge is 2.56. The lowest BCUT2D eigenvalue weighted by molar-refractivity contribution is -0.145. The summed E-state index contributed by atoms with van der Waals surface area (Å²) >= 11 is 6.25. The van der Waals surface area contributed by atoms with Crippen LogP contribution in [0.25, 0.3) is 0 Å². The number of ketones is 2. The molecule has 1 saturated heterocycles. The van der Waals surface area contributed by atoms with Crippen molar-refractivity contribution >= 4 is 46.6 Å². The number of carbonyl (C=O) groups excluding carboxylic acids is 5. The first-order valence-electron chi connectivity index (χ1n) is 17.7. The maximum absolute atomic E-state index is 14.6. The Hall–Kier alpha value is -3.27. The van der Waals surface area contributed by atoms with Gasteiger partial charge in [-0.3, -0.25) is 24.0 Å². The van der Waals surface area contributed by atoms with Gasteiger partial charge in [-0.15, -0.1) is 0 Å². The Morgan fingerprint density at radius 2 is 1.85 bits per heavy atom. The summed E-state index contributed by atoms with van der Waals surface area (Å²) in [6.45, 7) is 7.41. The summed E-state index contributed by atoms with van der Waals surface area (Å²) in [6, 6.07) is 4.44. The lowest BCUT2D eigenvalue weighted by atomic mass is 9.84. The monoisotopic (exact) mass is 680 g/mol. The molecule has 260 valence electrons. The zero-order chi connectivity index (χ0) is 34.4. The predicted octanol–water partition coefficient (Wildman–Crippen LogP) is 4.99. The Morgan fingerprint density at radius 1 is 1.08 bits per heavy atom. The van der Waals surface area contributed by atoms with Crippen LogP contribution in [0.4, 0.5) is 0 Å². The van der Waals surface area contributed by atoms with E-state index in [9.17, 15) is 24.0 Å². The molecule has 0 radical (unpaired) electrons. The Kier molecular flexibility index (Phi) is 9.77. The van der Waals surface area contributed by atoms with Gasteiger partial charge in [-0.1, -0.05) is 75.8 Å². The van der Waals surface area contributed by atoms with Crippen molar-refractivity contribution in [2.24, 2.45) is 34.2 Å². The minimum atomic E-state index is -0.995. The molecule has 4 fully saturated rings. The molecule has 3 amide bonds. The molecule has 1 spiro atoms. The lowest BCUT2D eigenvalue weighted by Gasteiger charge is -2.36. The van der Waals surface area contributed by atoms with E-state index in [-0.39, 0.29) is 37.1 Å². The molecule has 2 unspecified atom stereocenters. The molecule has 2 heterocycles. The third-order valence-corrected chi connectivity index (χ3v) is 11.5. The number of amides is 3. The number of rotatable bonds is 12. The number of carbonyl (C=O) groups is 5. The van der Waals surface area contributed by atoms with Crippen LogP contribution in [0.15, 0.2) is 29.4 Å². The number of halogens is 1. The zero-order valence-corrected chi connectivity index (χ0v) is 29.3. The molecular formula is C37H49ClN4O6. The third kappa shape index (κ3) is 7.48. The fourth-order valence-electron chi connectivity index (χ4n) is 8.41. The average Bonchev–Trinajstić information content (AvgIpc) is 3.38. The first-order valence-corrected chi connectivity index (χ1v) is 18.1. The van der Waals surface area contributed by atoms with Gasteiger partial charge in [0.05, 0.1) is 18.3 Å². The quantitative estimate of drug-likeness (QED) is 0.299. The van der Waals surface area contributed by atoms with E-state index in [4.69, 9.17) is 16.4 Å². The van der Waals surface area contributed by atoms with E-state index in [0.717, 1.165) is 24.8 Å². The van der Waals surface area contributed by atoms with E-state index in [1.165, 1.54) is 24.2 Å². The summed E-state index contributed by atoms with van der Waals surface area (Å²) in [7, 11) is 0. The van der Waals surface area contributed by atoms with Crippen LogP contribution in [0.1, 0.15) is 104 Å². The summed E-state index contributed by atoms with van der Waals surface area (Å²) in [6.07, 6.45) is 7.90. The summed E-state index contributed by atoms with van der Waals surface area (Å²) in [5, 5.41) is 10.9. The number of likely N-dealkylation sites (tertiary alicyclic amines) is 1. The second-order valence-corrected chi connectivity index (χ2v) is 16.5. The number of fused-ring (bicyclic) bond motifs is 2. The predicted molar refractivity (Wildman–Crippen MR) is 181 cm³/mol. The Morgan fingerprint density at radius 3 is 2.48 bits per heavy atom. The Labute approximate surface area is 288 Å². The molecule has 5 aliphatic rings. The normalized spacial score (nSPS) is 28.9. The summed E-state index contributed by atoms with van der Waals surface area (Å²) < 4.78 is 0. The van der Waals surface area contributed by atoms with Crippen LogP contribution in [0.2, 0.25) is 5.02 Å². The lowest BCUT2D eigenvalue weighted by Crippen LogP contribution is -2.59. The molecule has 2 aliphatic heterocycles. The second kappa shape index (κ2) is 13.6. The maximum atomic E-state index is 14.6. The Bertz CT molecular complexity index is 1500. The van der Waals surface area contributed by atoms with Crippen molar-refractivity contribution in [3.8, 4) is 0 Å². The van der Waals surface area contributed by atoms with E-state index in [1.54, 1.807) is 19.1 Å². The van der Waals surface area contributed by atoms with Gasteiger partial charge in [0.25, 0.3) is 0 Å². The molecule has 3 saturated carbocycles. The van der Waals surface area contributed by atoms with Crippen LogP contribution in [-0.2, 0) is 28.8 Å². The van der Waals surface area contributed by atoms with Crippen molar-refractivity contribution < 1.29 is 28.8 Å². The van der Waals surface area contributed by atoms with Crippen molar-refractivity contribution in [3.63, 3.8) is 0 Å². The Balaban J connectivity index is 1.24. The topological polar surface area (TPSA) is 134 Å². The minimum Gasteiger partial charge on any atom is -0.387 e. The van der Waals surface area contributed by atoms with Gasteiger partial charge in [-0.2, -0.15) is 0 Å². The molecule has 0 aromatic heterocycles. The summed E-state index contributed by atoms with van der Waals surface area (Å²) in [4.78, 5) is 75.4. The number of nitrogens with zero attached hydrogens (tertiary/aromatic N) is 2. The van der Waals surface area contributed by atoms with Gasteiger partial charge < -0.3 is 20.4 Å². The summed E-state index contributed by atoms with van der Waals surface area (Å²) in [5.74, 6) is -0.259. The molecule has 7 atom stereocenters. The van der Waals surface area contributed by atoms with Crippen LogP contribution < -0.4 is 10.6 Å². The highest BCUT2D eigenvalue weighted by molar-refractivity contribution is 6.39. The molecule has 2 N–H and O–H groups in total. The summed E-state index contributed by atoms with van der Waals surface area (Å²) in [5.41, 5.74) is -0.193. The minimum absolute atomic E-state index is 0.0553. The van der Waals surface area contributed by atoms with E-state index in [1.807, 2.05) is 32.9 Å². The number of Topliss-reactive ketones (excluding diaryl/α,β-unsaturated/α-hetero) is 2. The molecule has 48 heavy (non-hydrogen) atoms. The molecule has 1 aromatic rings. The fraction of sp³-hybridized carbons (Fsp3) is 0.676. The number of nitrogens with one attached hydrogen (secondary N) is 2. The van der Waals surface area contributed by atoms with Gasteiger partial charge in [0, 0.05) is 36.3 Å². The van der Waals surface area contributed by atoms with Gasteiger partial charge in [0.2, 0.25) is 23.5 Å². The van der Waals surface area contributed by atoms with Gasteiger partial charge in [0.1, 0.15) is 12.1 Å². The smallest absolute Gasteiger partial charge is 0.246 e. The first-order chi connectivity index (χ1) is 22.7. The molecule has 6 rings (SSSR count). The number of benzene rings is 1. The van der Waals surface area contributed by atoms with Crippen LogP contribution >= 0.6 is 11.6 Å². The maximum Gasteiger partial charge on any atom is 0.246 e. The van der Waals surface area contributed by atoms with Crippen molar-refractivity contribution in [3.05, 3.63) is 34.9 Å². The fourth-order valence-corrected chi connectivity index (χ4v) is 8.60. The van der Waals surface area contributed by atoms with E-state index in [0.29, 0.717) is 47.8 Å². The number of oxime groups is 1. The number of hydrogen-bond donors (Lipinski definition) is 2. The van der Waals surface area contributed by atoms with E-state index in [2.05, 4.69) is 15.8 Å². The molecule has 11 heteroatoms. The van der Waals surface area contributed by atoms with E-state index >= 15 is 0 Å². The first kappa shape index (κ1) is 34.6. The molecule has 2 bridgehead atoms. The van der Waals surface area contributed by atoms with Gasteiger partial charge in [-0.25, -0.2) is 0 Å². The van der Waals surface area contributed by atoms with Crippen molar-refractivity contribution in [1.82, 2.24) is 15.5 Å². The highest BCUT2D eigenvalue weighted by Crippen LogP contribution is 2.49. The van der Waals surface area contributed by atoms with Crippen molar-refractivity contribution in [2.45, 2.75) is 122 Å². The van der Waals surface area contributed by atoms with Gasteiger partial charge >= 0.3 is 0 Å². The van der Waals surface area contributed by atoms with Crippen LogP contribution in [-0.4, -0.2) is 70.2 Å². The molecule has 1 aromatic carbocycles. The molecular weight excluding hydrogens is 632 g/mol. The molecule has 3 aliphatic carbocycles. The number of hydrogen-bond acceptors (Lipinski definition) is 7. The van der Waals surface area contributed by atoms with Crippen LogP contribution in [0.3, 0.4) is 0 Å². The van der Waals surface area contributed by atoms with Gasteiger partial charge in [0.15, 0.2) is 11.4 Å². The SMILES string of the molecule is CCC(=O)C(=O)[C@H](CC1CC1)NC(=O)[C@@H]1C[C@]2(CC(c3cccc(Cl)c3)=NO2)CN1C(=O)[C@@H](NC(=O)C[C@H]1CC2CCC1C2)C(C)(C)C. The second-order valence-electron chi connectivity index (χ2n) is 16.1. The van der Waals surface area contributed by atoms with Crippen molar-refractivity contribution in [2.75, 3.05) is 6.54 Å². The van der Waals surface area contributed by atoms with Crippen LogP contribution in [0.5, 0.6) is 0 Å². The standard InChI is InChI=1S/C37H49ClN4O6/c1-5-30(43)32(45)27(15-21-9-10-21)39-34(46)29-19-37(18-28(41-48-37)24-7-6-8-26(38)16-24)20-42(29)35(47)33(36(2,3)4)40-31(44)17-25-14-22-11-12-23(25)13-22/h6-8,16,21-23,25,27,29,33H,5,9-15,17-20H2,1-4H3,(H,39,46)(H,40,44)/t22?,23?,25-,27+,29+,33-,37-/m1/s1.